The molecule has 0 bridgehead atoms. The molecule has 0 radical (unpaired) electrons. The van der Waals surface area contributed by atoms with E-state index in [9.17, 15) is 0 Å². The topological polar surface area (TPSA) is 11.4 Å². The molecule has 17 aromatic carbocycles. The zero-order chi connectivity index (χ0) is 70.7. The van der Waals surface area contributed by atoms with Crippen LogP contribution in [0.15, 0.2) is 376 Å². The molecule has 0 fully saturated rings. The Bertz CT molecular complexity index is 6950. The van der Waals surface area contributed by atoms with E-state index in [1.54, 1.807) is 0 Å². The number of para-hydroxylation sites is 2. The third kappa shape index (κ3) is 6.96. The highest BCUT2D eigenvalue weighted by Gasteiger charge is 2.58. The van der Waals surface area contributed by atoms with Gasteiger partial charge < -0.3 is 14.4 Å². The van der Waals surface area contributed by atoms with Gasteiger partial charge in [-0.05, 0) is 222 Å². The van der Waals surface area contributed by atoms with E-state index in [-0.39, 0.29) is 6.71 Å². The molecule has 0 saturated heterocycles. The number of anilines is 6. The second-order valence-corrected chi connectivity index (χ2v) is 31.1. The van der Waals surface area contributed by atoms with E-state index in [0.29, 0.717) is 0 Å². The molecule has 0 amide bonds. The van der Waals surface area contributed by atoms with E-state index in [2.05, 4.69) is 390 Å². The van der Waals surface area contributed by atoms with Crippen molar-refractivity contribution in [3.63, 3.8) is 0 Å². The van der Waals surface area contributed by atoms with Gasteiger partial charge in [0, 0.05) is 44.9 Å². The van der Waals surface area contributed by atoms with Crippen LogP contribution >= 0.6 is 0 Å². The van der Waals surface area contributed by atoms with Gasteiger partial charge in [-0.3, -0.25) is 0 Å². The Hall–Kier alpha value is -13.8. The van der Waals surface area contributed by atoms with E-state index in [1.807, 2.05) is 0 Å². The second kappa shape index (κ2) is 20.8. The minimum Gasteiger partial charge on any atom is -0.311 e. The van der Waals surface area contributed by atoms with Crippen molar-refractivity contribution < 1.29 is 0 Å². The number of hydrogen-bond acceptors (Lipinski definition) is 2. The van der Waals surface area contributed by atoms with Gasteiger partial charge in [0.15, 0.2) is 0 Å². The molecule has 3 heterocycles. The third-order valence-electron chi connectivity index (χ3n) is 26.6. The van der Waals surface area contributed by atoms with Crippen molar-refractivity contribution in [2.45, 2.75) is 16.2 Å². The SMILES string of the molecule is c1ccc(-c2ccc(N3c4cc(-n5c6ccccc6c6ccccc65)cc5c4B(c4cc6c(cc4N5c4ccc5c(c4)C4(c7ccccc7-c7ccccc74)c4ccccc4-5)-c4ccccc4C64c5ccccc5-c5ccccc54)c4c3ccc3c4-c4ccccc4C34c3ccccc3-c3ccccc34)cc2)cc1. The Morgan fingerprint density at radius 3 is 1.04 bits per heavy atom. The Kier molecular flexibility index (Phi) is 11.2. The predicted octanol–water partition coefficient (Wildman–Crippen LogP) is 23.6. The normalized spacial score (nSPS) is 15.0. The molecule has 1 aromatic heterocycles. The summed E-state index contributed by atoms with van der Waals surface area (Å²) in [5.41, 5.74) is 45.9. The Morgan fingerprint density at radius 2 is 0.560 bits per heavy atom. The van der Waals surface area contributed by atoms with E-state index in [0.717, 1.165) is 39.5 Å². The van der Waals surface area contributed by atoms with Crippen LogP contribution in [0.2, 0.25) is 0 Å². The number of rotatable bonds is 4. The molecule has 8 aliphatic rings. The highest BCUT2D eigenvalue weighted by atomic mass is 15.2. The van der Waals surface area contributed by atoms with Crippen LogP contribution in [0.1, 0.15) is 66.8 Å². The number of benzene rings is 17. The first-order valence-electron chi connectivity index (χ1n) is 38.4. The summed E-state index contributed by atoms with van der Waals surface area (Å²) in [5, 5.41) is 2.44. The van der Waals surface area contributed by atoms with Crippen LogP contribution < -0.4 is 26.2 Å². The molecule has 109 heavy (non-hydrogen) atoms. The molecule has 4 heteroatoms. The summed E-state index contributed by atoms with van der Waals surface area (Å²) in [6.07, 6.45) is 0. The van der Waals surface area contributed by atoms with Crippen molar-refractivity contribution in [3.05, 3.63) is 443 Å². The first-order valence-corrected chi connectivity index (χ1v) is 38.4. The molecular formula is C105H62BN3. The van der Waals surface area contributed by atoms with Crippen molar-refractivity contribution >= 4 is 79.0 Å². The van der Waals surface area contributed by atoms with Crippen LogP contribution in [0, 0.1) is 0 Å². The zero-order valence-corrected chi connectivity index (χ0v) is 59.2. The van der Waals surface area contributed by atoms with Crippen molar-refractivity contribution in [2.75, 3.05) is 9.80 Å². The lowest BCUT2D eigenvalue weighted by Gasteiger charge is -2.46. The average Bonchev–Trinajstić information content (AvgIpc) is 1.57. The van der Waals surface area contributed by atoms with Crippen LogP contribution in [-0.4, -0.2) is 11.3 Å². The summed E-state index contributed by atoms with van der Waals surface area (Å²) in [5.74, 6) is 0. The highest BCUT2D eigenvalue weighted by molar-refractivity contribution is 7.01. The molecule has 2 aliphatic heterocycles. The Morgan fingerprint density at radius 1 is 0.202 bits per heavy atom. The van der Waals surface area contributed by atoms with Crippen molar-refractivity contribution in [2.24, 2.45) is 0 Å². The zero-order valence-electron chi connectivity index (χ0n) is 59.2. The summed E-state index contributed by atoms with van der Waals surface area (Å²) in [6, 6.07) is 146. The van der Waals surface area contributed by atoms with Crippen molar-refractivity contribution in [1.29, 1.82) is 0 Å². The van der Waals surface area contributed by atoms with Crippen molar-refractivity contribution in [1.82, 2.24) is 4.57 Å². The lowest BCUT2D eigenvalue weighted by molar-refractivity contribution is 0.793. The molecule has 0 atom stereocenters. The minimum absolute atomic E-state index is 0.320. The van der Waals surface area contributed by atoms with Gasteiger partial charge in [-0.2, -0.15) is 0 Å². The van der Waals surface area contributed by atoms with Gasteiger partial charge in [-0.25, -0.2) is 0 Å². The number of hydrogen-bond donors (Lipinski definition) is 0. The van der Waals surface area contributed by atoms with E-state index in [4.69, 9.17) is 0 Å². The van der Waals surface area contributed by atoms with E-state index in [1.165, 1.54) is 183 Å². The third-order valence-corrected chi connectivity index (χ3v) is 26.6. The van der Waals surface area contributed by atoms with Gasteiger partial charge in [-0.15, -0.1) is 0 Å². The summed E-state index contributed by atoms with van der Waals surface area (Å²) in [7, 11) is 0. The van der Waals surface area contributed by atoms with Gasteiger partial charge in [-0.1, -0.05) is 315 Å². The molecule has 18 aromatic rings. The molecule has 6 aliphatic carbocycles. The number of aromatic nitrogens is 1. The maximum Gasteiger partial charge on any atom is 0.252 e. The van der Waals surface area contributed by atoms with Gasteiger partial charge >= 0.3 is 0 Å². The summed E-state index contributed by atoms with van der Waals surface area (Å²) >= 11 is 0. The summed E-state index contributed by atoms with van der Waals surface area (Å²) < 4.78 is 2.56. The summed E-state index contributed by atoms with van der Waals surface area (Å²) in [4.78, 5) is 5.43. The Labute approximate surface area is 631 Å². The monoisotopic (exact) mass is 1380 g/mol. The van der Waals surface area contributed by atoms with Crippen LogP contribution in [0.25, 0.3) is 105 Å². The van der Waals surface area contributed by atoms with Crippen LogP contribution in [-0.2, 0) is 16.2 Å². The summed E-state index contributed by atoms with van der Waals surface area (Å²) in [6.45, 7) is -0.320. The van der Waals surface area contributed by atoms with Gasteiger partial charge in [0.25, 0.3) is 6.71 Å². The van der Waals surface area contributed by atoms with Crippen molar-refractivity contribution in [3.8, 4) is 83.6 Å². The molecule has 500 valence electrons. The van der Waals surface area contributed by atoms with Crippen LogP contribution in [0.4, 0.5) is 34.1 Å². The fourth-order valence-electron chi connectivity index (χ4n) is 22.8. The first-order chi connectivity index (χ1) is 54.1. The fourth-order valence-corrected chi connectivity index (χ4v) is 22.8. The average molecular weight is 1380 g/mol. The second-order valence-electron chi connectivity index (χ2n) is 31.1. The van der Waals surface area contributed by atoms with Gasteiger partial charge in [0.1, 0.15) is 0 Å². The largest absolute Gasteiger partial charge is 0.311 e. The van der Waals surface area contributed by atoms with Crippen LogP contribution in [0.5, 0.6) is 0 Å². The molecule has 0 saturated carbocycles. The maximum absolute atomic E-state index is 2.76. The maximum atomic E-state index is 2.76. The lowest BCUT2D eigenvalue weighted by Crippen LogP contribution is -2.62. The van der Waals surface area contributed by atoms with Gasteiger partial charge in [0.05, 0.1) is 33.0 Å². The number of fused-ring (bicyclic) bond motifs is 38. The Balaban J connectivity index is 0.848. The number of nitrogens with zero attached hydrogens (tertiary/aromatic N) is 3. The van der Waals surface area contributed by atoms with Crippen LogP contribution in [0.3, 0.4) is 0 Å². The molecule has 3 nitrogen and oxygen atoms in total. The molecule has 0 unspecified atom stereocenters. The lowest BCUT2D eigenvalue weighted by atomic mass is 9.32. The molecular weight excluding hydrogens is 1310 g/mol. The minimum atomic E-state index is -0.631. The first kappa shape index (κ1) is 58.5. The standard InChI is InChI=1S/C105H62BN3/c1-2-26-63(27-3-1)64-50-52-65(53-51-64)107-96-57-56-90-100(79-38-12-23-47-89(79)103(90)81-39-15-4-28-68(81)69-29-5-16-40-82(69)103)102(96)106-93-62-92-80(75-35-11-22-46-88(75)105(92)85-43-19-8-32-72(85)73-33-9-20-44-86(73)105)61-97(93)108(99-60-67(59-98(107)101(99)106)109-94-48-24-13-36-77(94)78-37-14-25-49-95(78)109)66-54-55-76-74-34-10-21-45-87(74)104(91(76)58-66)83-41-17-6-30-70(83)71-31-7-18-42-84(71)104/h1-62H. The fraction of sp³-hybridized carbons (Fsp3) is 0.0286. The van der Waals surface area contributed by atoms with E-state index < -0.39 is 16.2 Å². The molecule has 26 rings (SSSR count). The quantitative estimate of drug-likeness (QED) is 0.163. The molecule has 3 spiro atoms. The smallest absolute Gasteiger partial charge is 0.252 e. The predicted molar refractivity (Wildman–Crippen MR) is 449 cm³/mol. The highest BCUT2D eigenvalue weighted by Crippen LogP contribution is 2.68. The van der Waals surface area contributed by atoms with E-state index >= 15 is 0 Å². The molecule has 0 N–H and O–H groups in total. The van der Waals surface area contributed by atoms with Gasteiger partial charge in [0.2, 0.25) is 0 Å².